The first-order chi connectivity index (χ1) is 11.8. The summed E-state index contributed by atoms with van der Waals surface area (Å²) in [6.07, 6.45) is 2.78. The fraction of sp³-hybridized carbons (Fsp3) is 0.778. The molecule has 25 heavy (non-hydrogen) atoms. The number of Topliss-reactive ketones (excluding diaryl/α,β-unsaturated/α-hetero) is 1. The first-order valence-electron chi connectivity index (χ1n) is 9.02. The number of carbonyl (C=O) groups excluding carboxylic acids is 4. The van der Waals surface area contributed by atoms with Crippen LogP contribution in [-0.4, -0.2) is 55.6 Å². The Morgan fingerprint density at radius 1 is 0.920 bits per heavy atom. The molecule has 1 fully saturated rings. The molecule has 142 valence electrons. The van der Waals surface area contributed by atoms with E-state index in [1.807, 2.05) is 13.8 Å². The third-order valence-electron chi connectivity index (χ3n) is 4.57. The van der Waals surface area contributed by atoms with Gasteiger partial charge in [0.2, 0.25) is 17.7 Å². The van der Waals surface area contributed by atoms with E-state index in [0.717, 1.165) is 0 Å². The molecular weight excluding hydrogens is 322 g/mol. The van der Waals surface area contributed by atoms with E-state index < -0.39 is 11.8 Å². The van der Waals surface area contributed by atoms with Crippen molar-refractivity contribution in [2.24, 2.45) is 17.8 Å². The van der Waals surface area contributed by atoms with Gasteiger partial charge in [0.15, 0.2) is 0 Å². The summed E-state index contributed by atoms with van der Waals surface area (Å²) in [5.74, 6) is -0.920. The highest BCUT2D eigenvalue weighted by Crippen LogP contribution is 2.25. The van der Waals surface area contributed by atoms with E-state index in [0.29, 0.717) is 38.0 Å². The number of amides is 3. The Bertz CT molecular complexity index is 481. The molecule has 1 heterocycles. The lowest BCUT2D eigenvalue weighted by molar-refractivity contribution is -0.132. The molecule has 0 aromatic rings. The summed E-state index contributed by atoms with van der Waals surface area (Å²) in [6, 6.07) is 0. The summed E-state index contributed by atoms with van der Waals surface area (Å²) in [7, 11) is 3.06. The van der Waals surface area contributed by atoms with Gasteiger partial charge < -0.3 is 15.5 Å². The first kappa shape index (κ1) is 21.1. The zero-order valence-corrected chi connectivity index (χ0v) is 15.8. The van der Waals surface area contributed by atoms with Crippen LogP contribution in [0.15, 0.2) is 0 Å². The molecule has 2 N–H and O–H groups in total. The van der Waals surface area contributed by atoms with Crippen LogP contribution < -0.4 is 10.6 Å². The van der Waals surface area contributed by atoms with Crippen LogP contribution in [0, 0.1) is 17.8 Å². The van der Waals surface area contributed by atoms with E-state index in [9.17, 15) is 19.2 Å². The minimum atomic E-state index is -0.512. The number of nitrogens with zero attached hydrogens (tertiary/aromatic N) is 1. The van der Waals surface area contributed by atoms with Crippen molar-refractivity contribution in [3.63, 3.8) is 0 Å². The number of ketones is 1. The number of carbonyl (C=O) groups is 4. The number of rotatable bonds is 9. The molecule has 7 heteroatoms. The Labute approximate surface area is 149 Å². The number of unbranched alkanes of at least 4 members (excludes halogenated alkanes) is 1. The molecule has 0 unspecified atom stereocenters. The van der Waals surface area contributed by atoms with Crippen molar-refractivity contribution in [1.29, 1.82) is 0 Å². The van der Waals surface area contributed by atoms with Gasteiger partial charge in [0, 0.05) is 46.4 Å². The molecule has 3 amide bonds. The molecule has 0 spiro atoms. The van der Waals surface area contributed by atoms with Crippen LogP contribution in [0.25, 0.3) is 0 Å². The Morgan fingerprint density at radius 3 is 1.84 bits per heavy atom. The third-order valence-corrected chi connectivity index (χ3v) is 4.57. The summed E-state index contributed by atoms with van der Waals surface area (Å²) in [5, 5.41) is 5.12. The van der Waals surface area contributed by atoms with Gasteiger partial charge in [0.1, 0.15) is 5.78 Å². The van der Waals surface area contributed by atoms with Gasteiger partial charge in [0.05, 0.1) is 11.8 Å². The van der Waals surface area contributed by atoms with Crippen molar-refractivity contribution in [1.82, 2.24) is 15.5 Å². The average molecular weight is 353 g/mol. The topological polar surface area (TPSA) is 95.6 Å². The normalized spacial score (nSPS) is 19.8. The van der Waals surface area contributed by atoms with Gasteiger partial charge in [-0.3, -0.25) is 19.2 Å². The lowest BCUT2D eigenvalue weighted by atomic mass is 9.94. The SMILES string of the molecule is CNC(=O)[C@H]1CN(C(=O)CCCCC(=O)CC(C)C)C[C@H]1C(=O)NC. The zero-order chi connectivity index (χ0) is 19.0. The molecule has 1 saturated heterocycles. The maximum atomic E-state index is 12.4. The Hall–Kier alpha value is -1.92. The Balaban J connectivity index is 2.46. The van der Waals surface area contributed by atoms with Crippen molar-refractivity contribution < 1.29 is 19.2 Å². The van der Waals surface area contributed by atoms with Gasteiger partial charge in [-0.25, -0.2) is 0 Å². The molecule has 0 aliphatic carbocycles. The summed E-state index contributed by atoms with van der Waals surface area (Å²) in [6.45, 7) is 4.56. The second-order valence-corrected chi connectivity index (χ2v) is 7.08. The van der Waals surface area contributed by atoms with E-state index in [4.69, 9.17) is 0 Å². The number of likely N-dealkylation sites (tertiary alicyclic amines) is 1. The molecule has 0 bridgehead atoms. The standard InChI is InChI=1S/C18H31N3O4/c1-12(2)9-13(22)7-5-6-8-16(23)21-10-14(17(24)19-3)15(11-21)18(25)20-4/h12,14-15H,5-11H2,1-4H3,(H,19,24)(H,20,25)/t14-,15+. The van der Waals surface area contributed by atoms with Gasteiger partial charge in [0.25, 0.3) is 0 Å². The van der Waals surface area contributed by atoms with Gasteiger partial charge in [-0.2, -0.15) is 0 Å². The van der Waals surface area contributed by atoms with Crippen molar-refractivity contribution in [3.05, 3.63) is 0 Å². The average Bonchev–Trinajstić information content (AvgIpc) is 3.01. The largest absolute Gasteiger partial charge is 0.359 e. The minimum absolute atomic E-state index is 0.0587. The monoisotopic (exact) mass is 353 g/mol. The Morgan fingerprint density at radius 2 is 1.40 bits per heavy atom. The predicted molar refractivity (Wildman–Crippen MR) is 94.6 cm³/mol. The van der Waals surface area contributed by atoms with Crippen LogP contribution >= 0.6 is 0 Å². The maximum absolute atomic E-state index is 12.4. The summed E-state index contributed by atoms with van der Waals surface area (Å²) in [5.41, 5.74) is 0. The van der Waals surface area contributed by atoms with Crippen LogP contribution in [0.4, 0.5) is 0 Å². The van der Waals surface area contributed by atoms with Crippen molar-refractivity contribution in [2.45, 2.75) is 46.0 Å². The Kier molecular flexibility index (Phi) is 8.58. The van der Waals surface area contributed by atoms with Crippen LogP contribution in [0.2, 0.25) is 0 Å². The summed E-state index contributed by atoms with van der Waals surface area (Å²) < 4.78 is 0. The third kappa shape index (κ3) is 6.48. The van der Waals surface area contributed by atoms with Crippen molar-refractivity contribution >= 4 is 23.5 Å². The second kappa shape index (κ2) is 10.2. The second-order valence-electron chi connectivity index (χ2n) is 7.08. The molecule has 1 rings (SSSR count). The van der Waals surface area contributed by atoms with E-state index >= 15 is 0 Å². The van der Waals surface area contributed by atoms with E-state index in [2.05, 4.69) is 10.6 Å². The van der Waals surface area contributed by atoms with E-state index in [1.54, 1.807) is 4.90 Å². The van der Waals surface area contributed by atoms with Crippen LogP contribution in [0.1, 0.15) is 46.0 Å². The summed E-state index contributed by atoms with van der Waals surface area (Å²) in [4.78, 5) is 49.6. The highest BCUT2D eigenvalue weighted by atomic mass is 16.2. The smallest absolute Gasteiger partial charge is 0.225 e. The van der Waals surface area contributed by atoms with Crippen LogP contribution in [0.3, 0.4) is 0 Å². The van der Waals surface area contributed by atoms with Crippen LogP contribution in [-0.2, 0) is 19.2 Å². The maximum Gasteiger partial charge on any atom is 0.225 e. The van der Waals surface area contributed by atoms with Gasteiger partial charge in [-0.1, -0.05) is 13.8 Å². The lowest BCUT2D eigenvalue weighted by Crippen LogP contribution is -2.39. The highest BCUT2D eigenvalue weighted by molar-refractivity contribution is 5.90. The van der Waals surface area contributed by atoms with E-state index in [-0.39, 0.29) is 36.6 Å². The molecule has 0 saturated carbocycles. The van der Waals surface area contributed by atoms with Gasteiger partial charge in [-0.15, -0.1) is 0 Å². The fourth-order valence-corrected chi connectivity index (χ4v) is 3.22. The zero-order valence-electron chi connectivity index (χ0n) is 15.8. The van der Waals surface area contributed by atoms with Crippen molar-refractivity contribution in [3.8, 4) is 0 Å². The molecular formula is C18H31N3O4. The molecule has 0 aromatic carbocycles. The molecule has 0 radical (unpaired) electrons. The molecule has 2 atom stereocenters. The van der Waals surface area contributed by atoms with Crippen LogP contribution in [0.5, 0.6) is 0 Å². The molecule has 1 aliphatic heterocycles. The molecule has 0 aromatic heterocycles. The summed E-state index contributed by atoms with van der Waals surface area (Å²) >= 11 is 0. The molecule has 7 nitrogen and oxygen atoms in total. The fourth-order valence-electron chi connectivity index (χ4n) is 3.22. The quantitative estimate of drug-likeness (QED) is 0.597. The van der Waals surface area contributed by atoms with Gasteiger partial charge in [-0.05, 0) is 18.8 Å². The number of hydrogen-bond donors (Lipinski definition) is 2. The van der Waals surface area contributed by atoms with Gasteiger partial charge >= 0.3 is 0 Å². The molecule has 1 aliphatic rings. The van der Waals surface area contributed by atoms with Crippen molar-refractivity contribution in [2.75, 3.05) is 27.2 Å². The van der Waals surface area contributed by atoms with E-state index in [1.165, 1.54) is 14.1 Å². The first-order valence-corrected chi connectivity index (χ1v) is 9.02. The lowest BCUT2D eigenvalue weighted by Gasteiger charge is -2.16. The minimum Gasteiger partial charge on any atom is -0.359 e. The number of hydrogen-bond acceptors (Lipinski definition) is 4. The number of nitrogens with one attached hydrogen (secondary N) is 2. The highest BCUT2D eigenvalue weighted by Gasteiger charge is 2.42. The predicted octanol–water partition coefficient (Wildman–Crippen LogP) is 0.729.